The Labute approximate surface area is 115 Å². The molecule has 0 aliphatic carbocycles. The SMILES string of the molecule is Cc1ccc(F)c(-c2nnc3n2CC(CN)CC3)c1F. The van der Waals surface area contributed by atoms with Crippen molar-refractivity contribution < 1.29 is 8.78 Å². The number of hydrogen-bond acceptors (Lipinski definition) is 3. The van der Waals surface area contributed by atoms with E-state index in [-0.39, 0.29) is 11.4 Å². The number of nitrogens with zero attached hydrogens (tertiary/aromatic N) is 3. The molecule has 0 fully saturated rings. The van der Waals surface area contributed by atoms with Gasteiger partial charge in [0.1, 0.15) is 17.5 Å². The minimum atomic E-state index is -0.613. The Hall–Kier alpha value is -1.82. The highest BCUT2D eigenvalue weighted by Gasteiger charge is 2.26. The van der Waals surface area contributed by atoms with Crippen molar-refractivity contribution in [1.29, 1.82) is 0 Å². The molecule has 0 saturated carbocycles. The van der Waals surface area contributed by atoms with E-state index in [1.54, 1.807) is 11.5 Å². The Balaban J connectivity index is 2.13. The average molecular weight is 278 g/mol. The van der Waals surface area contributed by atoms with Crippen LogP contribution >= 0.6 is 0 Å². The van der Waals surface area contributed by atoms with Crippen LogP contribution in [0, 0.1) is 24.5 Å². The highest BCUT2D eigenvalue weighted by Crippen LogP contribution is 2.30. The van der Waals surface area contributed by atoms with Gasteiger partial charge in [0.25, 0.3) is 0 Å². The molecular weight excluding hydrogens is 262 g/mol. The highest BCUT2D eigenvalue weighted by atomic mass is 19.1. The molecule has 0 spiro atoms. The second kappa shape index (κ2) is 4.94. The van der Waals surface area contributed by atoms with Crippen molar-refractivity contribution in [1.82, 2.24) is 14.8 Å². The molecule has 6 heteroatoms. The van der Waals surface area contributed by atoms with E-state index in [9.17, 15) is 8.78 Å². The fourth-order valence-corrected chi connectivity index (χ4v) is 2.63. The fourth-order valence-electron chi connectivity index (χ4n) is 2.63. The van der Waals surface area contributed by atoms with Crippen molar-refractivity contribution in [3.8, 4) is 11.4 Å². The molecule has 4 nitrogen and oxygen atoms in total. The largest absolute Gasteiger partial charge is 0.330 e. The molecular formula is C14H16F2N4. The highest BCUT2D eigenvalue weighted by molar-refractivity contribution is 5.59. The van der Waals surface area contributed by atoms with Gasteiger partial charge >= 0.3 is 0 Å². The van der Waals surface area contributed by atoms with Gasteiger partial charge in [-0.3, -0.25) is 0 Å². The van der Waals surface area contributed by atoms with Crippen LogP contribution in [0.15, 0.2) is 12.1 Å². The van der Waals surface area contributed by atoms with Crippen molar-refractivity contribution in [3.63, 3.8) is 0 Å². The topological polar surface area (TPSA) is 56.7 Å². The molecule has 2 heterocycles. The van der Waals surface area contributed by atoms with Crippen LogP contribution < -0.4 is 5.73 Å². The Morgan fingerprint density at radius 3 is 2.90 bits per heavy atom. The monoisotopic (exact) mass is 278 g/mol. The molecule has 0 radical (unpaired) electrons. The number of rotatable bonds is 2. The van der Waals surface area contributed by atoms with Crippen LogP contribution in [0.5, 0.6) is 0 Å². The van der Waals surface area contributed by atoms with E-state index >= 15 is 0 Å². The molecule has 1 aliphatic heterocycles. The summed E-state index contributed by atoms with van der Waals surface area (Å²) in [6.07, 6.45) is 1.68. The van der Waals surface area contributed by atoms with E-state index in [1.165, 1.54) is 12.1 Å². The van der Waals surface area contributed by atoms with Crippen LogP contribution in [0.2, 0.25) is 0 Å². The zero-order chi connectivity index (χ0) is 14.3. The van der Waals surface area contributed by atoms with E-state index in [1.807, 2.05) is 0 Å². The number of benzene rings is 1. The van der Waals surface area contributed by atoms with Gasteiger partial charge in [-0.15, -0.1) is 10.2 Å². The first kappa shape index (κ1) is 13.2. The van der Waals surface area contributed by atoms with Gasteiger partial charge in [0.15, 0.2) is 5.82 Å². The molecule has 106 valence electrons. The maximum atomic E-state index is 14.2. The van der Waals surface area contributed by atoms with Crippen molar-refractivity contribution in [2.75, 3.05) is 6.54 Å². The predicted octanol–water partition coefficient (Wildman–Crippen LogP) is 2.05. The van der Waals surface area contributed by atoms with Gasteiger partial charge in [-0.2, -0.15) is 0 Å². The van der Waals surface area contributed by atoms with Gasteiger partial charge in [0, 0.05) is 13.0 Å². The molecule has 1 aromatic carbocycles. The third kappa shape index (κ3) is 2.00. The molecule has 3 rings (SSSR count). The normalized spacial score (nSPS) is 18.1. The number of fused-ring (bicyclic) bond motifs is 1. The summed E-state index contributed by atoms with van der Waals surface area (Å²) in [6.45, 7) is 2.77. The van der Waals surface area contributed by atoms with Crippen LogP contribution in [0.25, 0.3) is 11.4 Å². The van der Waals surface area contributed by atoms with E-state index in [4.69, 9.17) is 5.73 Å². The zero-order valence-electron chi connectivity index (χ0n) is 11.2. The minimum Gasteiger partial charge on any atom is -0.330 e. The minimum absolute atomic E-state index is 0.0959. The number of aromatic nitrogens is 3. The summed E-state index contributed by atoms with van der Waals surface area (Å²) in [6, 6.07) is 2.68. The van der Waals surface area contributed by atoms with Gasteiger partial charge in [-0.1, -0.05) is 6.07 Å². The number of hydrogen-bond donors (Lipinski definition) is 1. The lowest BCUT2D eigenvalue weighted by Crippen LogP contribution is -2.27. The molecule has 1 unspecified atom stereocenters. The van der Waals surface area contributed by atoms with Crippen LogP contribution in [-0.4, -0.2) is 21.3 Å². The molecule has 0 amide bonds. The van der Waals surface area contributed by atoms with Crippen molar-refractivity contribution in [3.05, 3.63) is 35.2 Å². The van der Waals surface area contributed by atoms with Crippen molar-refractivity contribution in [2.24, 2.45) is 11.7 Å². The van der Waals surface area contributed by atoms with Crippen LogP contribution in [0.3, 0.4) is 0 Å². The molecule has 0 saturated heterocycles. The zero-order valence-corrected chi connectivity index (χ0v) is 11.2. The Morgan fingerprint density at radius 1 is 1.35 bits per heavy atom. The predicted molar refractivity (Wildman–Crippen MR) is 71.0 cm³/mol. The molecule has 1 aliphatic rings. The maximum absolute atomic E-state index is 14.2. The fraction of sp³-hybridized carbons (Fsp3) is 0.429. The number of halogens is 2. The van der Waals surface area contributed by atoms with Crippen molar-refractivity contribution >= 4 is 0 Å². The maximum Gasteiger partial charge on any atom is 0.169 e. The third-order valence-corrected chi connectivity index (χ3v) is 3.89. The average Bonchev–Trinajstić information content (AvgIpc) is 2.86. The first-order valence-electron chi connectivity index (χ1n) is 6.69. The summed E-state index contributed by atoms with van der Waals surface area (Å²) in [7, 11) is 0. The molecule has 0 bridgehead atoms. The van der Waals surface area contributed by atoms with Crippen LogP contribution in [0.4, 0.5) is 8.78 Å². The summed E-state index contributed by atoms with van der Waals surface area (Å²) in [5.74, 6) is 0.142. The van der Waals surface area contributed by atoms with Crippen molar-refractivity contribution in [2.45, 2.75) is 26.3 Å². The summed E-state index contributed by atoms with van der Waals surface area (Å²) in [4.78, 5) is 0. The van der Waals surface area contributed by atoms with E-state index in [0.29, 0.717) is 24.6 Å². The Morgan fingerprint density at radius 2 is 2.15 bits per heavy atom. The van der Waals surface area contributed by atoms with Crippen LogP contribution in [0.1, 0.15) is 17.8 Å². The molecule has 1 atom stereocenters. The molecule has 2 N–H and O–H groups in total. The molecule has 20 heavy (non-hydrogen) atoms. The quantitative estimate of drug-likeness (QED) is 0.914. The van der Waals surface area contributed by atoms with Gasteiger partial charge in [0.05, 0.1) is 5.56 Å². The third-order valence-electron chi connectivity index (χ3n) is 3.89. The van der Waals surface area contributed by atoms with Gasteiger partial charge in [0.2, 0.25) is 0 Å². The van der Waals surface area contributed by atoms with E-state index < -0.39 is 11.6 Å². The second-order valence-corrected chi connectivity index (χ2v) is 5.24. The van der Waals surface area contributed by atoms with Crippen LogP contribution in [-0.2, 0) is 13.0 Å². The van der Waals surface area contributed by atoms with Gasteiger partial charge < -0.3 is 10.3 Å². The Bertz CT molecular complexity index is 651. The second-order valence-electron chi connectivity index (χ2n) is 5.24. The summed E-state index contributed by atoms with van der Waals surface area (Å²) in [5, 5.41) is 8.04. The number of nitrogens with two attached hydrogens (primary N) is 1. The first-order chi connectivity index (χ1) is 9.61. The lowest BCUT2D eigenvalue weighted by atomic mass is 9.99. The van der Waals surface area contributed by atoms with Gasteiger partial charge in [-0.25, -0.2) is 8.78 Å². The first-order valence-corrected chi connectivity index (χ1v) is 6.69. The molecule has 1 aromatic heterocycles. The standard InChI is InChI=1S/C14H16F2N4/c1-8-2-4-10(15)12(13(8)16)14-19-18-11-5-3-9(6-17)7-20(11)14/h2,4,9H,3,5-7,17H2,1H3. The summed E-state index contributed by atoms with van der Waals surface area (Å²) < 4.78 is 30.0. The van der Waals surface area contributed by atoms with E-state index in [0.717, 1.165) is 18.7 Å². The number of aryl methyl sites for hydroxylation is 2. The Kier molecular flexibility index (Phi) is 3.25. The molecule has 2 aromatic rings. The summed E-state index contributed by atoms with van der Waals surface area (Å²) in [5.41, 5.74) is 6.00. The summed E-state index contributed by atoms with van der Waals surface area (Å²) >= 11 is 0. The van der Waals surface area contributed by atoms with E-state index in [2.05, 4.69) is 10.2 Å². The lowest BCUT2D eigenvalue weighted by Gasteiger charge is -2.23. The van der Waals surface area contributed by atoms with Gasteiger partial charge in [-0.05, 0) is 37.4 Å². The lowest BCUT2D eigenvalue weighted by molar-refractivity contribution is 0.375. The smallest absolute Gasteiger partial charge is 0.169 e.